The first-order valence-electron chi connectivity index (χ1n) is 9.10. The van der Waals surface area contributed by atoms with Gasteiger partial charge in [0.25, 0.3) is 5.91 Å². The standard InChI is InChI=1S/C21H24N2OS/c22-21(16-10-12-17(25)13-11-16)19-9-5-4-8-18(19)20(24)23(21)14-15-6-2-1-3-7-15/h4-5,8-13,15,25H,1-3,6-7,14,22H2. The molecule has 130 valence electrons. The molecule has 4 heteroatoms. The molecule has 0 aromatic heterocycles. The van der Waals surface area contributed by atoms with Gasteiger partial charge in [-0.05, 0) is 42.5 Å². The Morgan fingerprint density at radius 1 is 1.04 bits per heavy atom. The topological polar surface area (TPSA) is 46.3 Å². The van der Waals surface area contributed by atoms with Crippen LogP contribution in [-0.2, 0) is 5.66 Å². The Bertz CT molecular complexity index is 783. The predicted octanol–water partition coefficient (Wildman–Crippen LogP) is 4.17. The quantitative estimate of drug-likeness (QED) is 0.815. The van der Waals surface area contributed by atoms with E-state index in [1.54, 1.807) is 0 Å². The van der Waals surface area contributed by atoms with Crippen molar-refractivity contribution in [1.82, 2.24) is 4.90 Å². The number of carbonyl (C=O) groups is 1. The van der Waals surface area contributed by atoms with Crippen LogP contribution in [0, 0.1) is 5.92 Å². The molecule has 4 rings (SSSR count). The summed E-state index contributed by atoms with van der Waals surface area (Å²) in [7, 11) is 0. The Kier molecular flexibility index (Phi) is 4.34. The Hall–Kier alpha value is -1.78. The lowest BCUT2D eigenvalue weighted by molar-refractivity contribution is 0.0562. The van der Waals surface area contributed by atoms with E-state index in [0.29, 0.717) is 5.92 Å². The van der Waals surface area contributed by atoms with Crippen LogP contribution in [0.5, 0.6) is 0 Å². The molecule has 1 aliphatic heterocycles. The van der Waals surface area contributed by atoms with Gasteiger partial charge in [-0.25, -0.2) is 0 Å². The maximum atomic E-state index is 13.2. The second-order valence-electron chi connectivity index (χ2n) is 7.28. The highest BCUT2D eigenvalue weighted by molar-refractivity contribution is 7.80. The number of benzene rings is 2. The molecule has 1 heterocycles. The van der Waals surface area contributed by atoms with Gasteiger partial charge in [-0.2, -0.15) is 0 Å². The van der Waals surface area contributed by atoms with Crippen LogP contribution in [-0.4, -0.2) is 17.4 Å². The summed E-state index contributed by atoms with van der Waals surface area (Å²) in [5.74, 6) is 0.595. The first-order valence-corrected chi connectivity index (χ1v) is 9.55. The van der Waals surface area contributed by atoms with Crippen LogP contribution in [0.25, 0.3) is 0 Å². The molecular weight excluding hydrogens is 328 g/mol. The maximum absolute atomic E-state index is 13.2. The van der Waals surface area contributed by atoms with E-state index in [-0.39, 0.29) is 5.91 Å². The summed E-state index contributed by atoms with van der Waals surface area (Å²) in [6.45, 7) is 0.729. The third-order valence-electron chi connectivity index (χ3n) is 5.71. The summed E-state index contributed by atoms with van der Waals surface area (Å²) in [4.78, 5) is 16.0. The van der Waals surface area contributed by atoms with Crippen LogP contribution in [0.2, 0.25) is 0 Å². The van der Waals surface area contributed by atoms with Crippen molar-refractivity contribution in [1.29, 1.82) is 0 Å². The van der Waals surface area contributed by atoms with Crippen LogP contribution in [0.15, 0.2) is 53.4 Å². The third-order valence-corrected chi connectivity index (χ3v) is 6.01. The fourth-order valence-electron chi connectivity index (χ4n) is 4.33. The lowest BCUT2D eigenvalue weighted by Crippen LogP contribution is -2.53. The number of rotatable bonds is 3. The van der Waals surface area contributed by atoms with Gasteiger partial charge in [-0.15, -0.1) is 12.6 Å². The first kappa shape index (κ1) is 16.7. The maximum Gasteiger partial charge on any atom is 0.256 e. The Morgan fingerprint density at radius 3 is 2.44 bits per heavy atom. The molecule has 0 spiro atoms. The number of amides is 1. The fourth-order valence-corrected chi connectivity index (χ4v) is 4.48. The van der Waals surface area contributed by atoms with Crippen LogP contribution >= 0.6 is 12.6 Å². The second kappa shape index (κ2) is 6.50. The third kappa shape index (κ3) is 2.77. The van der Waals surface area contributed by atoms with Gasteiger partial charge < -0.3 is 10.6 Å². The minimum Gasteiger partial charge on any atom is -0.312 e. The Morgan fingerprint density at radius 2 is 1.72 bits per heavy atom. The summed E-state index contributed by atoms with van der Waals surface area (Å²) < 4.78 is 0. The summed E-state index contributed by atoms with van der Waals surface area (Å²) in [5, 5.41) is 0. The number of carbonyl (C=O) groups excluding carboxylic acids is 1. The molecule has 2 aromatic rings. The average Bonchev–Trinajstić information content (AvgIpc) is 2.86. The monoisotopic (exact) mass is 352 g/mol. The zero-order valence-electron chi connectivity index (χ0n) is 14.3. The van der Waals surface area contributed by atoms with E-state index in [0.717, 1.165) is 28.1 Å². The van der Waals surface area contributed by atoms with Crippen molar-refractivity contribution in [2.24, 2.45) is 11.7 Å². The zero-order chi connectivity index (χ0) is 17.4. The van der Waals surface area contributed by atoms with Crippen molar-refractivity contribution >= 4 is 18.5 Å². The molecule has 1 aliphatic carbocycles. The SMILES string of the molecule is NC1(c2ccc(S)cc2)c2ccccc2C(=O)N1CC1CCCCC1. The van der Waals surface area contributed by atoms with Crippen molar-refractivity contribution in [3.05, 3.63) is 65.2 Å². The van der Waals surface area contributed by atoms with E-state index in [9.17, 15) is 4.79 Å². The number of hydrogen-bond donors (Lipinski definition) is 2. The molecule has 1 saturated carbocycles. The minimum absolute atomic E-state index is 0.0543. The Balaban J connectivity index is 1.78. The molecule has 2 aromatic carbocycles. The minimum atomic E-state index is -0.896. The van der Waals surface area contributed by atoms with E-state index >= 15 is 0 Å². The van der Waals surface area contributed by atoms with Gasteiger partial charge in [0, 0.05) is 22.6 Å². The predicted molar refractivity (Wildman–Crippen MR) is 103 cm³/mol. The molecule has 0 bridgehead atoms. The summed E-state index contributed by atoms with van der Waals surface area (Å²) in [6.07, 6.45) is 6.19. The van der Waals surface area contributed by atoms with Gasteiger partial charge in [0.2, 0.25) is 0 Å². The summed E-state index contributed by atoms with van der Waals surface area (Å²) in [6, 6.07) is 15.6. The van der Waals surface area contributed by atoms with Crippen LogP contribution in [0.4, 0.5) is 0 Å². The van der Waals surface area contributed by atoms with Crippen molar-refractivity contribution in [2.45, 2.75) is 42.7 Å². The summed E-state index contributed by atoms with van der Waals surface area (Å²) in [5.41, 5.74) is 8.66. The number of fused-ring (bicyclic) bond motifs is 1. The molecule has 1 unspecified atom stereocenters. The number of nitrogens with two attached hydrogens (primary N) is 1. The number of nitrogens with zero attached hydrogens (tertiary/aromatic N) is 1. The molecule has 1 atom stereocenters. The normalized spacial score (nSPS) is 23.8. The van der Waals surface area contributed by atoms with Crippen molar-refractivity contribution in [2.75, 3.05) is 6.54 Å². The first-order chi connectivity index (χ1) is 12.1. The lowest BCUT2D eigenvalue weighted by Gasteiger charge is -2.39. The van der Waals surface area contributed by atoms with Crippen molar-refractivity contribution in [3.8, 4) is 0 Å². The van der Waals surface area contributed by atoms with Gasteiger partial charge in [-0.3, -0.25) is 4.79 Å². The zero-order valence-corrected chi connectivity index (χ0v) is 15.2. The molecule has 2 N–H and O–H groups in total. The van der Waals surface area contributed by atoms with Crippen LogP contribution in [0.1, 0.15) is 53.6 Å². The largest absolute Gasteiger partial charge is 0.312 e. The van der Waals surface area contributed by atoms with E-state index in [1.807, 2.05) is 53.4 Å². The Labute approximate surface area is 154 Å². The molecule has 2 aliphatic rings. The van der Waals surface area contributed by atoms with Gasteiger partial charge in [0.05, 0.1) is 0 Å². The highest BCUT2D eigenvalue weighted by Gasteiger charge is 2.48. The number of hydrogen-bond acceptors (Lipinski definition) is 3. The molecular formula is C21H24N2OS. The average molecular weight is 353 g/mol. The van der Waals surface area contributed by atoms with Gasteiger partial charge in [-0.1, -0.05) is 49.6 Å². The molecule has 1 amide bonds. The van der Waals surface area contributed by atoms with Crippen LogP contribution < -0.4 is 5.73 Å². The lowest BCUT2D eigenvalue weighted by atomic mass is 9.87. The van der Waals surface area contributed by atoms with E-state index in [2.05, 4.69) is 12.6 Å². The van der Waals surface area contributed by atoms with E-state index < -0.39 is 5.66 Å². The highest BCUT2D eigenvalue weighted by atomic mass is 32.1. The van der Waals surface area contributed by atoms with Gasteiger partial charge in [0.1, 0.15) is 5.66 Å². The highest BCUT2D eigenvalue weighted by Crippen LogP contribution is 2.41. The number of thiol groups is 1. The second-order valence-corrected chi connectivity index (χ2v) is 7.80. The molecule has 3 nitrogen and oxygen atoms in total. The van der Waals surface area contributed by atoms with E-state index in [4.69, 9.17) is 5.73 Å². The summed E-state index contributed by atoms with van der Waals surface area (Å²) >= 11 is 4.38. The van der Waals surface area contributed by atoms with Gasteiger partial charge in [0.15, 0.2) is 0 Å². The molecule has 25 heavy (non-hydrogen) atoms. The van der Waals surface area contributed by atoms with E-state index in [1.165, 1.54) is 32.1 Å². The molecule has 0 saturated heterocycles. The fraction of sp³-hybridized carbons (Fsp3) is 0.381. The molecule has 0 radical (unpaired) electrons. The van der Waals surface area contributed by atoms with Crippen molar-refractivity contribution < 1.29 is 4.79 Å². The molecule has 1 fully saturated rings. The smallest absolute Gasteiger partial charge is 0.256 e. The van der Waals surface area contributed by atoms with Gasteiger partial charge >= 0.3 is 0 Å². The van der Waals surface area contributed by atoms with Crippen LogP contribution in [0.3, 0.4) is 0 Å². The van der Waals surface area contributed by atoms with Crippen molar-refractivity contribution in [3.63, 3.8) is 0 Å².